The maximum atomic E-state index is 12.3. The number of anilines is 1. The minimum absolute atomic E-state index is 0.176. The highest BCUT2D eigenvalue weighted by molar-refractivity contribution is 5.85. The Morgan fingerprint density at radius 1 is 1.10 bits per heavy atom. The zero-order chi connectivity index (χ0) is 14.4. The first-order valence-electron chi connectivity index (χ1n) is 7.21. The molecule has 0 radical (unpaired) electrons. The second kappa shape index (κ2) is 6.64. The van der Waals surface area contributed by atoms with Crippen molar-refractivity contribution in [1.82, 2.24) is 0 Å². The minimum Gasteiger partial charge on any atom is -0.495 e. The van der Waals surface area contributed by atoms with E-state index in [0.717, 1.165) is 37.1 Å². The van der Waals surface area contributed by atoms with Crippen LogP contribution in [0.15, 0.2) is 24.3 Å². The van der Waals surface area contributed by atoms with Crippen molar-refractivity contribution in [3.8, 4) is 5.75 Å². The zero-order valence-corrected chi connectivity index (χ0v) is 12.3. The van der Waals surface area contributed by atoms with Gasteiger partial charge in [0.25, 0.3) is 0 Å². The molecule has 0 heterocycles. The van der Waals surface area contributed by atoms with Crippen LogP contribution >= 0.6 is 0 Å². The van der Waals surface area contributed by atoms with E-state index in [9.17, 15) is 4.79 Å². The van der Waals surface area contributed by atoms with Crippen LogP contribution in [0, 0.1) is 0 Å². The molecule has 2 rings (SSSR count). The normalized spacial score (nSPS) is 17.9. The fourth-order valence-electron chi connectivity index (χ4n) is 2.91. The van der Waals surface area contributed by atoms with Crippen LogP contribution in [0.2, 0.25) is 0 Å². The lowest BCUT2D eigenvalue weighted by Gasteiger charge is -2.32. The molecule has 20 heavy (non-hydrogen) atoms. The lowest BCUT2D eigenvalue weighted by Crippen LogP contribution is -2.46. The number of carbonyl (C=O) groups excluding carboxylic acids is 1. The third kappa shape index (κ3) is 3.06. The molecule has 0 saturated heterocycles. The van der Waals surface area contributed by atoms with Crippen molar-refractivity contribution < 1.29 is 14.3 Å². The molecule has 0 amide bonds. The van der Waals surface area contributed by atoms with Crippen LogP contribution in [0.3, 0.4) is 0 Å². The Morgan fingerprint density at radius 3 is 2.35 bits per heavy atom. The standard InChI is InChI=1S/C16H23NO3/c1-19-14-10-6-5-9-13(14)17-16(15(18)20-2)11-7-3-4-8-12-16/h5-6,9-10,17H,3-4,7-8,11-12H2,1-2H3. The van der Waals surface area contributed by atoms with Gasteiger partial charge >= 0.3 is 5.97 Å². The number of nitrogens with one attached hydrogen (secondary N) is 1. The van der Waals surface area contributed by atoms with Crippen molar-refractivity contribution in [2.75, 3.05) is 19.5 Å². The lowest BCUT2D eigenvalue weighted by atomic mass is 9.89. The van der Waals surface area contributed by atoms with E-state index in [2.05, 4.69) is 5.32 Å². The molecular weight excluding hydrogens is 254 g/mol. The van der Waals surface area contributed by atoms with Gasteiger partial charge in [0.1, 0.15) is 11.3 Å². The second-order valence-corrected chi connectivity index (χ2v) is 5.31. The molecular formula is C16H23NO3. The smallest absolute Gasteiger partial charge is 0.331 e. The van der Waals surface area contributed by atoms with Crippen LogP contribution in [0.4, 0.5) is 5.69 Å². The molecule has 4 nitrogen and oxygen atoms in total. The molecule has 1 fully saturated rings. The summed E-state index contributed by atoms with van der Waals surface area (Å²) in [5.41, 5.74) is 0.224. The summed E-state index contributed by atoms with van der Waals surface area (Å²) in [7, 11) is 3.09. The first-order valence-corrected chi connectivity index (χ1v) is 7.21. The number of carbonyl (C=O) groups is 1. The summed E-state index contributed by atoms with van der Waals surface area (Å²) in [6, 6.07) is 7.69. The Bertz CT molecular complexity index is 451. The molecule has 1 aromatic rings. The van der Waals surface area contributed by atoms with E-state index in [0.29, 0.717) is 0 Å². The Hall–Kier alpha value is -1.71. The highest BCUT2D eigenvalue weighted by atomic mass is 16.5. The van der Waals surface area contributed by atoms with Crippen LogP contribution in [0.5, 0.6) is 5.75 Å². The average molecular weight is 277 g/mol. The summed E-state index contributed by atoms with van der Waals surface area (Å²) in [6.45, 7) is 0. The number of ether oxygens (including phenoxy) is 2. The monoisotopic (exact) mass is 277 g/mol. The van der Waals surface area contributed by atoms with Crippen molar-refractivity contribution in [3.63, 3.8) is 0 Å². The summed E-state index contributed by atoms with van der Waals surface area (Å²) in [5.74, 6) is 0.574. The summed E-state index contributed by atoms with van der Waals surface area (Å²) < 4.78 is 10.4. The molecule has 1 aliphatic rings. The molecule has 1 aliphatic carbocycles. The largest absolute Gasteiger partial charge is 0.495 e. The highest BCUT2D eigenvalue weighted by Gasteiger charge is 2.40. The Balaban J connectivity index is 2.29. The van der Waals surface area contributed by atoms with Gasteiger partial charge in [0.15, 0.2) is 0 Å². The van der Waals surface area contributed by atoms with Gasteiger partial charge in [0.2, 0.25) is 0 Å². The van der Waals surface area contributed by atoms with Crippen molar-refractivity contribution in [2.24, 2.45) is 0 Å². The summed E-state index contributed by atoms with van der Waals surface area (Å²) >= 11 is 0. The number of esters is 1. The molecule has 0 spiro atoms. The van der Waals surface area contributed by atoms with Crippen molar-refractivity contribution in [1.29, 1.82) is 0 Å². The average Bonchev–Trinajstić information content (AvgIpc) is 2.73. The van der Waals surface area contributed by atoms with Gasteiger partial charge in [-0.2, -0.15) is 0 Å². The zero-order valence-electron chi connectivity index (χ0n) is 12.3. The summed E-state index contributed by atoms with van der Waals surface area (Å²) in [4.78, 5) is 12.3. The molecule has 0 aliphatic heterocycles. The third-order valence-corrected chi connectivity index (χ3v) is 4.01. The predicted molar refractivity (Wildman–Crippen MR) is 79.1 cm³/mol. The Labute approximate surface area is 120 Å². The molecule has 1 saturated carbocycles. The molecule has 0 unspecified atom stereocenters. The molecule has 4 heteroatoms. The number of rotatable bonds is 4. The van der Waals surface area contributed by atoms with Crippen LogP contribution in [0.25, 0.3) is 0 Å². The predicted octanol–water partition coefficient (Wildman–Crippen LogP) is 3.37. The highest BCUT2D eigenvalue weighted by Crippen LogP contribution is 2.35. The number of para-hydroxylation sites is 2. The van der Waals surface area contributed by atoms with Gasteiger partial charge in [0, 0.05) is 0 Å². The van der Waals surface area contributed by atoms with Crippen LogP contribution < -0.4 is 10.1 Å². The van der Waals surface area contributed by atoms with Gasteiger partial charge in [-0.15, -0.1) is 0 Å². The van der Waals surface area contributed by atoms with Gasteiger partial charge < -0.3 is 14.8 Å². The van der Waals surface area contributed by atoms with Crippen molar-refractivity contribution >= 4 is 11.7 Å². The Morgan fingerprint density at radius 2 is 1.75 bits per heavy atom. The van der Waals surface area contributed by atoms with E-state index in [1.807, 2.05) is 24.3 Å². The molecule has 0 aromatic heterocycles. The summed E-state index contributed by atoms with van der Waals surface area (Å²) in [6.07, 6.45) is 6.03. The van der Waals surface area contributed by atoms with E-state index in [4.69, 9.17) is 9.47 Å². The number of methoxy groups -OCH3 is 2. The van der Waals surface area contributed by atoms with Gasteiger partial charge in [-0.1, -0.05) is 37.8 Å². The van der Waals surface area contributed by atoms with Crippen molar-refractivity contribution in [3.05, 3.63) is 24.3 Å². The van der Waals surface area contributed by atoms with Crippen LogP contribution in [-0.4, -0.2) is 25.7 Å². The second-order valence-electron chi connectivity index (χ2n) is 5.31. The van der Waals surface area contributed by atoms with E-state index in [1.54, 1.807) is 7.11 Å². The number of hydrogen-bond donors (Lipinski definition) is 1. The fourth-order valence-corrected chi connectivity index (χ4v) is 2.91. The van der Waals surface area contributed by atoms with E-state index in [-0.39, 0.29) is 5.97 Å². The van der Waals surface area contributed by atoms with Crippen LogP contribution in [-0.2, 0) is 9.53 Å². The first kappa shape index (κ1) is 14.7. The van der Waals surface area contributed by atoms with E-state index < -0.39 is 5.54 Å². The first-order chi connectivity index (χ1) is 9.72. The maximum Gasteiger partial charge on any atom is 0.331 e. The topological polar surface area (TPSA) is 47.6 Å². The third-order valence-electron chi connectivity index (χ3n) is 4.01. The van der Waals surface area contributed by atoms with Crippen LogP contribution in [0.1, 0.15) is 38.5 Å². The van der Waals surface area contributed by atoms with Crippen molar-refractivity contribution in [2.45, 2.75) is 44.1 Å². The fraction of sp³-hybridized carbons (Fsp3) is 0.562. The quantitative estimate of drug-likeness (QED) is 0.677. The van der Waals surface area contributed by atoms with Gasteiger partial charge in [-0.05, 0) is 25.0 Å². The number of hydrogen-bond acceptors (Lipinski definition) is 4. The number of benzene rings is 1. The SMILES string of the molecule is COC(=O)C1(Nc2ccccc2OC)CCCCCC1. The molecule has 0 bridgehead atoms. The van der Waals surface area contributed by atoms with Gasteiger partial charge in [0.05, 0.1) is 19.9 Å². The lowest BCUT2D eigenvalue weighted by molar-refractivity contribution is -0.146. The molecule has 0 atom stereocenters. The molecule has 1 aromatic carbocycles. The molecule has 110 valence electrons. The van der Waals surface area contributed by atoms with Gasteiger partial charge in [-0.25, -0.2) is 4.79 Å². The van der Waals surface area contributed by atoms with E-state index >= 15 is 0 Å². The Kier molecular flexibility index (Phi) is 4.88. The van der Waals surface area contributed by atoms with Gasteiger partial charge in [-0.3, -0.25) is 0 Å². The maximum absolute atomic E-state index is 12.3. The minimum atomic E-state index is -0.625. The molecule has 1 N–H and O–H groups in total. The van der Waals surface area contributed by atoms with E-state index in [1.165, 1.54) is 20.0 Å². The summed E-state index contributed by atoms with van der Waals surface area (Å²) in [5, 5.41) is 3.41.